The number of aromatic amines is 1. The maximum Gasteiger partial charge on any atom is 0.240 e. The number of sulfonamides is 1. The monoisotopic (exact) mass is 294 g/mol. The maximum absolute atomic E-state index is 12.2. The summed E-state index contributed by atoms with van der Waals surface area (Å²) in [6.07, 6.45) is 2.77. The first-order chi connectivity index (χ1) is 9.49. The zero-order valence-corrected chi connectivity index (χ0v) is 12.4. The fourth-order valence-corrected chi connectivity index (χ4v) is 3.29. The van der Waals surface area contributed by atoms with Crippen LogP contribution in [0.5, 0.6) is 0 Å². The number of hydrogen-bond donors (Lipinski definition) is 2. The lowest BCUT2D eigenvalue weighted by molar-refractivity contribution is 0.577. The van der Waals surface area contributed by atoms with E-state index in [2.05, 4.69) is 19.9 Å². The molecule has 0 unspecified atom stereocenters. The Morgan fingerprint density at radius 1 is 1.30 bits per heavy atom. The summed E-state index contributed by atoms with van der Waals surface area (Å²) in [7, 11) is -3.45. The van der Waals surface area contributed by atoms with Crippen molar-refractivity contribution in [1.29, 1.82) is 0 Å². The van der Waals surface area contributed by atoms with Crippen molar-refractivity contribution in [2.75, 3.05) is 6.54 Å². The van der Waals surface area contributed by atoms with Crippen LogP contribution in [0.1, 0.15) is 23.4 Å². The number of nitrogens with one attached hydrogen (secondary N) is 2. The van der Waals surface area contributed by atoms with Crippen LogP contribution < -0.4 is 4.72 Å². The molecule has 0 bridgehead atoms. The Labute approximate surface area is 118 Å². The average molecular weight is 294 g/mol. The van der Waals surface area contributed by atoms with Gasteiger partial charge in [0, 0.05) is 13.0 Å². The highest BCUT2D eigenvalue weighted by Crippen LogP contribution is 2.16. The SMILES string of the molecule is Cc1ccc(S(=O)(=O)NCCCc2ncn[nH]2)c(C)c1. The van der Waals surface area contributed by atoms with Gasteiger partial charge in [-0.3, -0.25) is 5.10 Å². The van der Waals surface area contributed by atoms with Gasteiger partial charge in [0.15, 0.2) is 0 Å². The minimum Gasteiger partial charge on any atom is -0.263 e. The van der Waals surface area contributed by atoms with Crippen LogP contribution in [0.3, 0.4) is 0 Å². The Kier molecular flexibility index (Phi) is 4.51. The van der Waals surface area contributed by atoms with Gasteiger partial charge in [-0.1, -0.05) is 17.7 Å². The van der Waals surface area contributed by atoms with Crippen LogP contribution in [-0.4, -0.2) is 30.1 Å². The number of rotatable bonds is 6. The van der Waals surface area contributed by atoms with Gasteiger partial charge >= 0.3 is 0 Å². The standard InChI is InChI=1S/C13H18N4O2S/c1-10-5-6-12(11(2)8-10)20(18,19)16-7-3-4-13-14-9-15-17-13/h5-6,8-9,16H,3-4,7H2,1-2H3,(H,14,15,17). The highest BCUT2D eigenvalue weighted by atomic mass is 32.2. The summed E-state index contributed by atoms with van der Waals surface area (Å²) >= 11 is 0. The second-order valence-corrected chi connectivity index (χ2v) is 6.44. The van der Waals surface area contributed by atoms with Crippen LogP contribution in [-0.2, 0) is 16.4 Å². The fourth-order valence-electron chi connectivity index (χ4n) is 1.99. The van der Waals surface area contributed by atoms with Crippen LogP contribution in [0, 0.1) is 13.8 Å². The minimum atomic E-state index is -3.45. The maximum atomic E-state index is 12.2. The first kappa shape index (κ1) is 14.7. The minimum absolute atomic E-state index is 0.336. The van der Waals surface area contributed by atoms with E-state index in [4.69, 9.17) is 0 Å². The number of aromatic nitrogens is 3. The summed E-state index contributed by atoms with van der Waals surface area (Å²) in [5, 5.41) is 6.49. The molecular formula is C13H18N4O2S. The number of aryl methyl sites for hydroxylation is 3. The Balaban J connectivity index is 1.93. The largest absolute Gasteiger partial charge is 0.263 e. The summed E-state index contributed by atoms with van der Waals surface area (Å²) in [6.45, 7) is 4.11. The highest BCUT2D eigenvalue weighted by Gasteiger charge is 2.15. The Morgan fingerprint density at radius 2 is 2.10 bits per heavy atom. The molecule has 0 fully saturated rings. The molecule has 20 heavy (non-hydrogen) atoms. The molecule has 0 saturated heterocycles. The Morgan fingerprint density at radius 3 is 2.75 bits per heavy atom. The molecular weight excluding hydrogens is 276 g/mol. The lowest BCUT2D eigenvalue weighted by atomic mass is 10.2. The summed E-state index contributed by atoms with van der Waals surface area (Å²) in [4.78, 5) is 4.32. The molecule has 0 aliphatic rings. The molecule has 0 spiro atoms. The molecule has 0 radical (unpaired) electrons. The van der Waals surface area contributed by atoms with E-state index in [1.165, 1.54) is 6.33 Å². The third-order valence-corrected chi connectivity index (χ3v) is 4.59. The van der Waals surface area contributed by atoms with Gasteiger partial charge in [0.1, 0.15) is 12.2 Å². The van der Waals surface area contributed by atoms with Crippen LogP contribution in [0.25, 0.3) is 0 Å². The van der Waals surface area contributed by atoms with Gasteiger partial charge in [0.05, 0.1) is 4.90 Å². The number of hydrogen-bond acceptors (Lipinski definition) is 4. The molecule has 0 atom stereocenters. The number of H-pyrrole nitrogens is 1. The summed E-state index contributed by atoms with van der Waals surface area (Å²) < 4.78 is 27.0. The van der Waals surface area contributed by atoms with Crippen molar-refractivity contribution in [2.45, 2.75) is 31.6 Å². The van der Waals surface area contributed by atoms with E-state index >= 15 is 0 Å². The van der Waals surface area contributed by atoms with Crippen LogP contribution in [0.4, 0.5) is 0 Å². The van der Waals surface area contributed by atoms with Crippen LogP contribution in [0.2, 0.25) is 0 Å². The molecule has 108 valence electrons. The Bertz CT molecular complexity index is 666. The third kappa shape index (κ3) is 3.64. The molecule has 2 N–H and O–H groups in total. The molecule has 2 rings (SSSR count). The second-order valence-electron chi connectivity index (χ2n) is 4.70. The first-order valence-corrected chi connectivity index (χ1v) is 7.88. The summed E-state index contributed by atoms with van der Waals surface area (Å²) in [6, 6.07) is 5.31. The molecule has 0 aliphatic carbocycles. The molecule has 1 aromatic heterocycles. The van der Waals surface area contributed by atoms with Gasteiger partial charge in [-0.2, -0.15) is 5.10 Å². The smallest absolute Gasteiger partial charge is 0.240 e. The van der Waals surface area contributed by atoms with Crippen molar-refractivity contribution in [1.82, 2.24) is 19.9 Å². The van der Waals surface area contributed by atoms with E-state index in [1.807, 2.05) is 13.0 Å². The van der Waals surface area contributed by atoms with Crippen molar-refractivity contribution >= 4 is 10.0 Å². The van der Waals surface area contributed by atoms with Crippen molar-refractivity contribution in [3.8, 4) is 0 Å². The van der Waals surface area contributed by atoms with Crippen molar-refractivity contribution in [3.63, 3.8) is 0 Å². The molecule has 0 saturated carbocycles. The summed E-state index contributed by atoms with van der Waals surface area (Å²) in [5.74, 6) is 0.760. The zero-order valence-electron chi connectivity index (χ0n) is 11.5. The van der Waals surface area contributed by atoms with E-state index in [1.54, 1.807) is 19.1 Å². The van der Waals surface area contributed by atoms with Gasteiger partial charge in [0.2, 0.25) is 10.0 Å². The van der Waals surface area contributed by atoms with Gasteiger partial charge in [-0.15, -0.1) is 0 Å². The van der Waals surface area contributed by atoms with Crippen molar-refractivity contribution < 1.29 is 8.42 Å². The van der Waals surface area contributed by atoms with Gasteiger partial charge in [0.25, 0.3) is 0 Å². The molecule has 0 aliphatic heterocycles. The molecule has 0 amide bonds. The van der Waals surface area contributed by atoms with Crippen molar-refractivity contribution in [3.05, 3.63) is 41.5 Å². The predicted octanol–water partition coefficient (Wildman–Crippen LogP) is 1.33. The van der Waals surface area contributed by atoms with E-state index < -0.39 is 10.0 Å². The third-order valence-electron chi connectivity index (χ3n) is 2.97. The fraction of sp³-hybridized carbons (Fsp3) is 0.385. The number of benzene rings is 1. The van der Waals surface area contributed by atoms with E-state index in [-0.39, 0.29) is 0 Å². The topological polar surface area (TPSA) is 87.7 Å². The van der Waals surface area contributed by atoms with E-state index in [9.17, 15) is 8.42 Å². The van der Waals surface area contributed by atoms with E-state index in [0.717, 1.165) is 17.0 Å². The quantitative estimate of drug-likeness (QED) is 0.787. The second kappa shape index (κ2) is 6.15. The molecule has 7 heteroatoms. The molecule has 6 nitrogen and oxygen atoms in total. The predicted molar refractivity (Wildman–Crippen MR) is 75.8 cm³/mol. The van der Waals surface area contributed by atoms with Crippen LogP contribution in [0.15, 0.2) is 29.4 Å². The zero-order chi connectivity index (χ0) is 14.6. The Hall–Kier alpha value is -1.73. The van der Waals surface area contributed by atoms with Crippen LogP contribution >= 0.6 is 0 Å². The summed E-state index contributed by atoms with van der Waals surface area (Å²) in [5.41, 5.74) is 1.81. The van der Waals surface area contributed by atoms with Gasteiger partial charge in [-0.25, -0.2) is 18.1 Å². The molecule has 1 aromatic carbocycles. The molecule has 2 aromatic rings. The first-order valence-electron chi connectivity index (χ1n) is 6.40. The van der Waals surface area contributed by atoms with Gasteiger partial charge < -0.3 is 0 Å². The normalized spacial score (nSPS) is 11.7. The van der Waals surface area contributed by atoms with Gasteiger partial charge in [-0.05, 0) is 31.9 Å². The highest BCUT2D eigenvalue weighted by molar-refractivity contribution is 7.89. The molecule has 1 heterocycles. The average Bonchev–Trinajstić information content (AvgIpc) is 2.87. The lowest BCUT2D eigenvalue weighted by Crippen LogP contribution is -2.25. The number of nitrogens with zero attached hydrogens (tertiary/aromatic N) is 2. The van der Waals surface area contributed by atoms with Crippen molar-refractivity contribution in [2.24, 2.45) is 0 Å². The van der Waals surface area contributed by atoms with E-state index in [0.29, 0.717) is 24.3 Å². The lowest BCUT2D eigenvalue weighted by Gasteiger charge is -2.09.